The molecule has 28 heavy (non-hydrogen) atoms. The van der Waals surface area contributed by atoms with Crippen molar-refractivity contribution in [3.63, 3.8) is 0 Å². The molecule has 7 nitrogen and oxygen atoms in total. The zero-order valence-corrected chi connectivity index (χ0v) is 15.0. The van der Waals surface area contributed by atoms with Gasteiger partial charge in [-0.15, -0.1) is 0 Å². The van der Waals surface area contributed by atoms with E-state index in [9.17, 15) is 14.0 Å². The van der Waals surface area contributed by atoms with E-state index in [4.69, 9.17) is 0 Å². The molecule has 8 heteroatoms. The lowest BCUT2D eigenvalue weighted by Gasteiger charge is -2.32. The lowest BCUT2D eigenvalue weighted by Crippen LogP contribution is -2.47. The van der Waals surface area contributed by atoms with Crippen molar-refractivity contribution in [3.05, 3.63) is 59.7 Å². The molecule has 2 aromatic rings. The summed E-state index contributed by atoms with van der Waals surface area (Å²) in [7, 11) is 0. The molecule has 1 N–H and O–H groups in total. The van der Waals surface area contributed by atoms with E-state index in [2.05, 4.69) is 21.6 Å². The topological polar surface area (TPSA) is 78.4 Å². The summed E-state index contributed by atoms with van der Waals surface area (Å²) in [5, 5.41) is 10.5. The summed E-state index contributed by atoms with van der Waals surface area (Å²) in [6, 6.07) is 5.88. The first-order chi connectivity index (χ1) is 13.6. The van der Waals surface area contributed by atoms with Gasteiger partial charge in [-0.25, -0.2) is 9.18 Å². The molecule has 2 atom stereocenters. The van der Waals surface area contributed by atoms with Gasteiger partial charge in [0.25, 0.3) is 0 Å². The van der Waals surface area contributed by atoms with Crippen LogP contribution in [-0.2, 0) is 11.3 Å². The molecule has 0 unspecified atom stereocenters. The number of likely N-dealkylation sites (tertiary alicyclic amines) is 1. The normalized spacial score (nSPS) is 22.8. The van der Waals surface area contributed by atoms with E-state index in [0.717, 1.165) is 12.0 Å². The zero-order valence-electron chi connectivity index (χ0n) is 15.0. The van der Waals surface area contributed by atoms with E-state index in [1.54, 1.807) is 18.5 Å². The molecule has 1 aromatic heterocycles. The standard InChI is InChI=1S/C20H18FN5O2/c21-15-1-2-18-14(5-15)9-25(20(28)24-18)11-19(27)26-10-13-6-16(26)7-17(13)12-3-4-22-23-8-12/h1-5,7-8,13,16H,6,9-11H2,(H,24,28)/t13-,16-/m0/s1. The third-order valence-corrected chi connectivity index (χ3v) is 5.68. The summed E-state index contributed by atoms with van der Waals surface area (Å²) in [5.41, 5.74) is 3.52. The number of fused-ring (bicyclic) bond motifs is 3. The number of hydrogen-bond donors (Lipinski definition) is 1. The average molecular weight is 379 g/mol. The number of halogens is 1. The van der Waals surface area contributed by atoms with E-state index in [1.165, 1.54) is 22.6 Å². The largest absolute Gasteiger partial charge is 0.334 e. The number of amides is 3. The highest BCUT2D eigenvalue weighted by Crippen LogP contribution is 2.42. The predicted octanol–water partition coefficient (Wildman–Crippen LogP) is 2.28. The average Bonchev–Trinajstić information content (AvgIpc) is 3.30. The fourth-order valence-corrected chi connectivity index (χ4v) is 4.34. The number of carbonyl (C=O) groups is 2. The van der Waals surface area contributed by atoms with Crippen LogP contribution in [0.4, 0.5) is 14.9 Å². The van der Waals surface area contributed by atoms with Gasteiger partial charge in [-0.3, -0.25) is 4.79 Å². The van der Waals surface area contributed by atoms with E-state index in [1.807, 2.05) is 11.0 Å². The molecule has 1 fully saturated rings. The smallest absolute Gasteiger partial charge is 0.322 e. The van der Waals surface area contributed by atoms with Crippen LogP contribution < -0.4 is 5.32 Å². The highest BCUT2D eigenvalue weighted by atomic mass is 19.1. The minimum Gasteiger partial charge on any atom is -0.334 e. The number of nitrogens with one attached hydrogen (secondary N) is 1. The van der Waals surface area contributed by atoms with Gasteiger partial charge in [0.05, 0.1) is 25.0 Å². The van der Waals surface area contributed by atoms with Gasteiger partial charge in [0, 0.05) is 18.2 Å². The van der Waals surface area contributed by atoms with Crippen LogP contribution >= 0.6 is 0 Å². The minimum absolute atomic E-state index is 0.0228. The Morgan fingerprint density at radius 1 is 1.29 bits per heavy atom. The van der Waals surface area contributed by atoms with Crippen molar-refractivity contribution in [2.45, 2.75) is 19.0 Å². The minimum atomic E-state index is -0.360. The van der Waals surface area contributed by atoms with Crippen molar-refractivity contribution < 1.29 is 14.0 Å². The van der Waals surface area contributed by atoms with Crippen LogP contribution in [-0.4, -0.2) is 51.1 Å². The Labute approximate surface area is 160 Å². The molecule has 1 saturated heterocycles. The van der Waals surface area contributed by atoms with Crippen molar-refractivity contribution in [2.24, 2.45) is 5.92 Å². The van der Waals surface area contributed by atoms with Crippen LogP contribution in [0.1, 0.15) is 17.5 Å². The fourth-order valence-electron chi connectivity index (χ4n) is 4.34. The monoisotopic (exact) mass is 379 g/mol. The van der Waals surface area contributed by atoms with Crippen molar-refractivity contribution in [1.82, 2.24) is 20.0 Å². The lowest BCUT2D eigenvalue weighted by atomic mass is 9.97. The molecule has 2 bridgehead atoms. The van der Waals surface area contributed by atoms with E-state index in [-0.39, 0.29) is 42.8 Å². The van der Waals surface area contributed by atoms with Gasteiger partial charge in [-0.05, 0) is 47.4 Å². The van der Waals surface area contributed by atoms with E-state index in [0.29, 0.717) is 17.8 Å². The van der Waals surface area contributed by atoms with Gasteiger partial charge in [0.2, 0.25) is 5.91 Å². The zero-order chi connectivity index (χ0) is 19.3. The molecular weight excluding hydrogens is 361 g/mol. The number of hydrogen-bond acceptors (Lipinski definition) is 4. The summed E-state index contributed by atoms with van der Waals surface area (Å²) in [6.45, 7) is 0.833. The van der Waals surface area contributed by atoms with E-state index >= 15 is 0 Å². The number of nitrogens with zero attached hydrogens (tertiary/aromatic N) is 4. The Kier molecular flexibility index (Phi) is 3.85. The molecule has 0 saturated carbocycles. The molecule has 1 aromatic carbocycles. The molecule has 0 radical (unpaired) electrons. The number of anilines is 1. The van der Waals surface area contributed by atoms with Gasteiger partial charge >= 0.3 is 6.03 Å². The molecule has 5 rings (SSSR count). The summed E-state index contributed by atoms with van der Waals surface area (Å²) in [5.74, 6) is -0.171. The maximum absolute atomic E-state index is 13.5. The van der Waals surface area contributed by atoms with Crippen molar-refractivity contribution >= 4 is 23.2 Å². The second-order valence-electron chi connectivity index (χ2n) is 7.39. The highest BCUT2D eigenvalue weighted by molar-refractivity contribution is 5.95. The molecule has 142 valence electrons. The number of carbonyl (C=O) groups excluding carboxylic acids is 2. The summed E-state index contributed by atoms with van der Waals surface area (Å²) >= 11 is 0. The maximum Gasteiger partial charge on any atom is 0.322 e. The van der Waals surface area contributed by atoms with Crippen LogP contribution in [0.5, 0.6) is 0 Å². The second kappa shape index (κ2) is 6.40. The molecule has 2 aliphatic heterocycles. The SMILES string of the molecule is O=C1Nc2ccc(F)cc2CN1CC(=O)N1C[C@@H]2C[C@H]1C=C2c1ccnnc1. The summed E-state index contributed by atoms with van der Waals surface area (Å²) < 4.78 is 13.5. The third-order valence-electron chi connectivity index (χ3n) is 5.68. The Balaban J connectivity index is 1.29. The fraction of sp³-hybridized carbons (Fsp3) is 0.300. The Bertz CT molecular complexity index is 993. The van der Waals surface area contributed by atoms with Crippen LogP contribution in [0.25, 0.3) is 5.57 Å². The van der Waals surface area contributed by atoms with Crippen LogP contribution in [0.2, 0.25) is 0 Å². The number of benzene rings is 1. The maximum atomic E-state index is 13.5. The van der Waals surface area contributed by atoms with Crippen molar-refractivity contribution in [1.29, 1.82) is 0 Å². The van der Waals surface area contributed by atoms with Gasteiger partial charge in [0.15, 0.2) is 0 Å². The van der Waals surface area contributed by atoms with E-state index < -0.39 is 0 Å². The van der Waals surface area contributed by atoms with Crippen molar-refractivity contribution in [2.75, 3.05) is 18.4 Å². The summed E-state index contributed by atoms with van der Waals surface area (Å²) in [6.07, 6.45) is 6.42. The molecule has 0 spiro atoms. The van der Waals surface area contributed by atoms with Crippen LogP contribution in [0, 0.1) is 11.7 Å². The molecule has 3 heterocycles. The second-order valence-corrected chi connectivity index (χ2v) is 7.39. The number of rotatable bonds is 3. The number of urea groups is 1. The quantitative estimate of drug-likeness (QED) is 0.888. The molecule has 1 aliphatic carbocycles. The highest BCUT2D eigenvalue weighted by Gasteiger charge is 2.42. The van der Waals surface area contributed by atoms with Gasteiger partial charge in [0.1, 0.15) is 12.4 Å². The Morgan fingerprint density at radius 3 is 2.93 bits per heavy atom. The summed E-state index contributed by atoms with van der Waals surface area (Å²) in [4.78, 5) is 28.4. The van der Waals surface area contributed by atoms with Gasteiger partial charge < -0.3 is 15.1 Å². The first kappa shape index (κ1) is 16.9. The van der Waals surface area contributed by atoms with Gasteiger partial charge in [-0.1, -0.05) is 6.08 Å². The first-order valence-electron chi connectivity index (χ1n) is 9.21. The lowest BCUT2D eigenvalue weighted by molar-refractivity contribution is -0.132. The molecular formula is C20H18FN5O2. The molecule has 3 amide bonds. The predicted molar refractivity (Wildman–Crippen MR) is 99.4 cm³/mol. The van der Waals surface area contributed by atoms with Crippen molar-refractivity contribution in [3.8, 4) is 0 Å². The van der Waals surface area contributed by atoms with Crippen LogP contribution in [0.15, 0.2) is 42.7 Å². The molecule has 3 aliphatic rings. The third kappa shape index (κ3) is 2.81. The number of aromatic nitrogens is 2. The van der Waals surface area contributed by atoms with Crippen LogP contribution in [0.3, 0.4) is 0 Å². The Hall–Kier alpha value is -3.29. The Morgan fingerprint density at radius 2 is 2.18 bits per heavy atom. The first-order valence-corrected chi connectivity index (χ1v) is 9.21. The van der Waals surface area contributed by atoms with Gasteiger partial charge in [-0.2, -0.15) is 10.2 Å².